The molecular weight excluding hydrogens is 316 g/mol. The molecule has 0 amide bonds. The molecule has 0 atom stereocenters. The largest absolute Gasteiger partial charge is 0.322 e. The molecule has 4 nitrogen and oxygen atoms in total. The van der Waals surface area contributed by atoms with Gasteiger partial charge in [0.2, 0.25) is 0 Å². The van der Waals surface area contributed by atoms with Crippen LogP contribution in [-0.4, -0.2) is 19.3 Å². The zero-order valence-electron chi connectivity index (χ0n) is 11.9. The van der Waals surface area contributed by atoms with Gasteiger partial charge >= 0.3 is 0 Å². The number of hydrogen-bond acceptors (Lipinski definition) is 2. The van der Waals surface area contributed by atoms with Gasteiger partial charge in [0, 0.05) is 7.05 Å². The van der Waals surface area contributed by atoms with Crippen molar-refractivity contribution in [1.29, 1.82) is 0 Å². The predicted molar refractivity (Wildman–Crippen MR) is 83.9 cm³/mol. The summed E-state index contributed by atoms with van der Waals surface area (Å²) in [6.45, 7) is 4.94. The van der Waals surface area contributed by atoms with E-state index in [1.54, 1.807) is 0 Å². The highest BCUT2D eigenvalue weighted by Crippen LogP contribution is 2.24. The molecule has 0 spiro atoms. The minimum absolute atomic E-state index is 0.774. The minimum atomic E-state index is 0.774. The fourth-order valence-electron chi connectivity index (χ4n) is 2.54. The predicted octanol–water partition coefficient (Wildman–Crippen LogP) is 3.45. The highest BCUT2D eigenvalue weighted by atomic mass is 79.9. The molecule has 3 rings (SSSR count). The van der Waals surface area contributed by atoms with Gasteiger partial charge in [0.1, 0.15) is 5.82 Å². The lowest BCUT2D eigenvalue weighted by Crippen LogP contribution is -2.07. The zero-order valence-corrected chi connectivity index (χ0v) is 13.5. The first-order chi connectivity index (χ1) is 9.61. The quantitative estimate of drug-likeness (QED) is 0.736. The minimum Gasteiger partial charge on any atom is -0.322 e. The van der Waals surface area contributed by atoms with Crippen LogP contribution in [0, 0.1) is 6.92 Å². The van der Waals surface area contributed by atoms with Crippen molar-refractivity contribution in [1.82, 2.24) is 19.3 Å². The van der Waals surface area contributed by atoms with Crippen molar-refractivity contribution in [2.75, 3.05) is 0 Å². The summed E-state index contributed by atoms with van der Waals surface area (Å²) < 4.78 is 5.30. The fraction of sp³-hybridized carbons (Fsp3) is 0.333. The highest BCUT2D eigenvalue weighted by Gasteiger charge is 2.15. The number of aryl methyl sites for hydroxylation is 3. The molecule has 0 unspecified atom stereocenters. The van der Waals surface area contributed by atoms with E-state index in [1.807, 2.05) is 24.7 Å². The van der Waals surface area contributed by atoms with Crippen LogP contribution in [0.4, 0.5) is 0 Å². The maximum absolute atomic E-state index is 4.61. The molecule has 2 aromatic heterocycles. The summed E-state index contributed by atoms with van der Waals surface area (Å²) in [7, 11) is 1.99. The molecular formula is C15H17BrN4. The van der Waals surface area contributed by atoms with E-state index >= 15 is 0 Å². The van der Waals surface area contributed by atoms with E-state index in [0.29, 0.717) is 0 Å². The molecule has 0 bridgehead atoms. The van der Waals surface area contributed by atoms with Crippen molar-refractivity contribution in [3.63, 3.8) is 0 Å². The lowest BCUT2D eigenvalue weighted by molar-refractivity contribution is 0.658. The van der Waals surface area contributed by atoms with Gasteiger partial charge in [0.15, 0.2) is 0 Å². The Morgan fingerprint density at radius 2 is 2.00 bits per heavy atom. The Morgan fingerprint density at radius 1 is 1.25 bits per heavy atom. The Bertz CT molecular complexity index is 770. The second-order valence-corrected chi connectivity index (χ2v) is 5.71. The van der Waals surface area contributed by atoms with Gasteiger partial charge in [-0.25, -0.2) is 4.98 Å². The molecule has 0 radical (unpaired) electrons. The van der Waals surface area contributed by atoms with Crippen molar-refractivity contribution in [3.8, 4) is 0 Å². The number of rotatable bonds is 3. The van der Waals surface area contributed by atoms with E-state index in [1.165, 1.54) is 5.69 Å². The second-order valence-electron chi connectivity index (χ2n) is 4.92. The molecule has 5 heteroatoms. The lowest BCUT2D eigenvalue weighted by atomic mass is 10.3. The molecule has 0 aliphatic heterocycles. The molecule has 0 N–H and O–H groups in total. The highest BCUT2D eigenvalue weighted by molar-refractivity contribution is 9.10. The third-order valence-corrected chi connectivity index (χ3v) is 4.57. The number of aromatic nitrogens is 4. The van der Waals surface area contributed by atoms with Crippen LogP contribution < -0.4 is 0 Å². The molecule has 1 aromatic carbocycles. The SMILES string of the molecule is CCc1nn(C)c(Cn2c(C)nc3ccccc32)c1Br. The monoisotopic (exact) mass is 332 g/mol. The molecule has 104 valence electrons. The van der Waals surface area contributed by atoms with Crippen LogP contribution in [0.5, 0.6) is 0 Å². The average Bonchev–Trinajstić information content (AvgIpc) is 2.90. The van der Waals surface area contributed by atoms with Gasteiger partial charge in [-0.2, -0.15) is 5.10 Å². The molecule has 20 heavy (non-hydrogen) atoms. The maximum atomic E-state index is 4.61. The Hall–Kier alpha value is -1.62. The smallest absolute Gasteiger partial charge is 0.107 e. The van der Waals surface area contributed by atoms with Crippen LogP contribution in [0.3, 0.4) is 0 Å². The Morgan fingerprint density at radius 3 is 2.70 bits per heavy atom. The van der Waals surface area contributed by atoms with E-state index in [4.69, 9.17) is 0 Å². The van der Waals surface area contributed by atoms with Gasteiger partial charge in [-0.05, 0) is 41.4 Å². The maximum Gasteiger partial charge on any atom is 0.107 e. The van der Waals surface area contributed by atoms with Crippen LogP contribution in [-0.2, 0) is 20.0 Å². The number of imidazole rings is 1. The van der Waals surface area contributed by atoms with Gasteiger partial charge in [-0.15, -0.1) is 0 Å². The first kappa shape index (κ1) is 13.4. The summed E-state index contributed by atoms with van der Waals surface area (Å²) in [5, 5.41) is 4.55. The number of halogens is 1. The van der Waals surface area contributed by atoms with E-state index in [9.17, 15) is 0 Å². The third-order valence-electron chi connectivity index (χ3n) is 3.66. The summed E-state index contributed by atoms with van der Waals surface area (Å²) in [5.74, 6) is 1.03. The fourth-order valence-corrected chi connectivity index (χ4v) is 3.28. The molecule has 0 aliphatic carbocycles. The van der Waals surface area contributed by atoms with Crippen LogP contribution in [0.2, 0.25) is 0 Å². The molecule has 3 aromatic rings. The summed E-state index contributed by atoms with van der Waals surface area (Å²) in [4.78, 5) is 4.61. The van der Waals surface area contributed by atoms with E-state index in [2.05, 4.69) is 55.7 Å². The van der Waals surface area contributed by atoms with Gasteiger partial charge in [-0.1, -0.05) is 19.1 Å². The molecule has 0 fully saturated rings. The molecule has 2 heterocycles. The van der Waals surface area contributed by atoms with Crippen LogP contribution in [0.15, 0.2) is 28.7 Å². The lowest BCUT2D eigenvalue weighted by Gasteiger charge is -2.08. The molecule has 0 aliphatic rings. The first-order valence-corrected chi connectivity index (χ1v) is 7.53. The topological polar surface area (TPSA) is 35.6 Å². The van der Waals surface area contributed by atoms with Crippen molar-refractivity contribution < 1.29 is 0 Å². The summed E-state index contributed by atoms with van der Waals surface area (Å²) in [6.07, 6.45) is 0.929. The number of nitrogens with zero attached hydrogens (tertiary/aromatic N) is 4. The summed E-state index contributed by atoms with van der Waals surface area (Å²) in [6, 6.07) is 8.24. The Kier molecular flexibility index (Phi) is 3.38. The van der Waals surface area contributed by atoms with Gasteiger partial charge in [0.05, 0.1) is 33.4 Å². The second kappa shape index (κ2) is 5.05. The Balaban J connectivity index is 2.10. The van der Waals surface area contributed by atoms with E-state index in [0.717, 1.165) is 40.0 Å². The van der Waals surface area contributed by atoms with Crippen LogP contribution >= 0.6 is 15.9 Å². The van der Waals surface area contributed by atoms with E-state index in [-0.39, 0.29) is 0 Å². The zero-order chi connectivity index (χ0) is 14.3. The van der Waals surface area contributed by atoms with Crippen LogP contribution in [0.1, 0.15) is 24.1 Å². The normalized spacial score (nSPS) is 11.4. The Labute approximate surface area is 126 Å². The van der Waals surface area contributed by atoms with Crippen LogP contribution in [0.25, 0.3) is 11.0 Å². The van der Waals surface area contributed by atoms with Gasteiger partial charge < -0.3 is 4.57 Å². The third kappa shape index (κ3) is 2.06. The summed E-state index contributed by atoms with van der Waals surface area (Å²) >= 11 is 3.68. The first-order valence-electron chi connectivity index (χ1n) is 6.74. The van der Waals surface area contributed by atoms with Gasteiger partial charge in [-0.3, -0.25) is 4.68 Å². The summed E-state index contributed by atoms with van der Waals surface area (Å²) in [5.41, 5.74) is 4.48. The molecule has 0 saturated carbocycles. The van der Waals surface area contributed by atoms with E-state index < -0.39 is 0 Å². The number of fused-ring (bicyclic) bond motifs is 1. The van der Waals surface area contributed by atoms with Gasteiger partial charge in [0.25, 0.3) is 0 Å². The van der Waals surface area contributed by atoms with Crippen molar-refractivity contribution in [3.05, 3.63) is 46.0 Å². The number of benzene rings is 1. The number of para-hydroxylation sites is 2. The standard InChI is InChI=1S/C15H17BrN4/c1-4-11-15(16)14(19(3)18-11)9-20-10(2)17-12-7-5-6-8-13(12)20/h5-8H,4,9H2,1-3H3. The molecule has 0 saturated heterocycles. The average molecular weight is 333 g/mol. The van der Waals surface area contributed by atoms with Crippen molar-refractivity contribution >= 4 is 27.0 Å². The van der Waals surface area contributed by atoms with Crippen molar-refractivity contribution in [2.45, 2.75) is 26.8 Å². The number of hydrogen-bond donors (Lipinski definition) is 0. The van der Waals surface area contributed by atoms with Crippen molar-refractivity contribution in [2.24, 2.45) is 7.05 Å².